The highest BCUT2D eigenvalue weighted by Gasteiger charge is 2.27. The summed E-state index contributed by atoms with van der Waals surface area (Å²) in [7, 11) is 4.58. The Morgan fingerprint density at radius 2 is 1.94 bits per heavy atom. The van der Waals surface area contributed by atoms with E-state index < -0.39 is 0 Å². The molecule has 100 valence electrons. The van der Waals surface area contributed by atoms with Crippen LogP contribution < -0.4 is 5.32 Å². The van der Waals surface area contributed by atoms with Crippen LogP contribution in [0.3, 0.4) is 0 Å². The van der Waals surface area contributed by atoms with Gasteiger partial charge in [0.25, 0.3) is 0 Å². The van der Waals surface area contributed by atoms with E-state index in [4.69, 9.17) is 0 Å². The Hall–Kier alpha value is -0.120. The maximum atomic E-state index is 3.50. The SMILES string of the molecule is CC1CNCCC1N(C)CC1CCN(C)CC1. The van der Waals surface area contributed by atoms with Gasteiger partial charge in [-0.25, -0.2) is 0 Å². The molecule has 2 unspecified atom stereocenters. The van der Waals surface area contributed by atoms with Crippen molar-refractivity contribution in [3.05, 3.63) is 0 Å². The molecule has 17 heavy (non-hydrogen) atoms. The highest BCUT2D eigenvalue weighted by molar-refractivity contribution is 4.83. The largest absolute Gasteiger partial charge is 0.316 e. The Balaban J connectivity index is 1.77. The van der Waals surface area contributed by atoms with E-state index in [-0.39, 0.29) is 0 Å². The first-order valence-corrected chi connectivity index (χ1v) is 7.26. The molecule has 3 nitrogen and oxygen atoms in total. The summed E-state index contributed by atoms with van der Waals surface area (Å²) in [6, 6.07) is 0.802. The topological polar surface area (TPSA) is 18.5 Å². The van der Waals surface area contributed by atoms with Crippen LogP contribution in [0.25, 0.3) is 0 Å². The van der Waals surface area contributed by atoms with Crippen molar-refractivity contribution in [1.29, 1.82) is 0 Å². The maximum absolute atomic E-state index is 3.50. The molecule has 2 atom stereocenters. The number of hydrogen-bond acceptors (Lipinski definition) is 3. The molecule has 0 aromatic carbocycles. The average molecular weight is 239 g/mol. The van der Waals surface area contributed by atoms with E-state index in [1.165, 1.54) is 52.0 Å². The molecular formula is C14H29N3. The fourth-order valence-electron chi connectivity index (χ4n) is 3.44. The minimum absolute atomic E-state index is 0.802. The van der Waals surface area contributed by atoms with Gasteiger partial charge in [-0.2, -0.15) is 0 Å². The normalized spacial score (nSPS) is 33.2. The summed E-state index contributed by atoms with van der Waals surface area (Å²) < 4.78 is 0. The Kier molecular flexibility index (Phi) is 4.83. The number of piperidine rings is 2. The van der Waals surface area contributed by atoms with Crippen molar-refractivity contribution in [3.63, 3.8) is 0 Å². The van der Waals surface area contributed by atoms with Gasteiger partial charge in [0, 0.05) is 12.6 Å². The zero-order valence-electron chi connectivity index (χ0n) is 11.8. The van der Waals surface area contributed by atoms with Crippen LogP contribution in [0.5, 0.6) is 0 Å². The molecule has 0 aromatic rings. The maximum Gasteiger partial charge on any atom is 0.0142 e. The van der Waals surface area contributed by atoms with E-state index in [0.29, 0.717) is 0 Å². The predicted octanol–water partition coefficient (Wildman–Crippen LogP) is 1.26. The minimum atomic E-state index is 0.802. The molecule has 3 heteroatoms. The van der Waals surface area contributed by atoms with Crippen LogP contribution in [-0.4, -0.2) is 62.7 Å². The van der Waals surface area contributed by atoms with Crippen LogP contribution in [0.1, 0.15) is 26.2 Å². The van der Waals surface area contributed by atoms with Gasteiger partial charge in [0.15, 0.2) is 0 Å². The van der Waals surface area contributed by atoms with Crippen molar-refractivity contribution >= 4 is 0 Å². The standard InChI is InChI=1S/C14H29N3/c1-12-10-15-7-4-14(12)17(3)11-13-5-8-16(2)9-6-13/h12-15H,4-11H2,1-3H3. The third-order valence-corrected chi connectivity index (χ3v) is 4.69. The smallest absolute Gasteiger partial charge is 0.0142 e. The number of rotatable bonds is 3. The second-order valence-electron chi connectivity index (χ2n) is 6.22. The Morgan fingerprint density at radius 1 is 1.24 bits per heavy atom. The van der Waals surface area contributed by atoms with Crippen LogP contribution >= 0.6 is 0 Å². The Bertz CT molecular complexity index is 224. The predicted molar refractivity (Wildman–Crippen MR) is 73.3 cm³/mol. The molecule has 0 bridgehead atoms. The van der Waals surface area contributed by atoms with Gasteiger partial charge < -0.3 is 15.1 Å². The zero-order chi connectivity index (χ0) is 12.3. The molecule has 0 aromatic heterocycles. The van der Waals surface area contributed by atoms with Crippen molar-refractivity contribution in [2.75, 3.05) is 46.8 Å². The lowest BCUT2D eigenvalue weighted by Gasteiger charge is -2.39. The van der Waals surface area contributed by atoms with Crippen LogP contribution in [0.15, 0.2) is 0 Å². The Labute approximate surface area is 107 Å². The van der Waals surface area contributed by atoms with E-state index in [0.717, 1.165) is 17.9 Å². The van der Waals surface area contributed by atoms with Gasteiger partial charge in [0.2, 0.25) is 0 Å². The summed E-state index contributed by atoms with van der Waals surface area (Å²) in [5.41, 5.74) is 0. The van der Waals surface area contributed by atoms with Crippen molar-refractivity contribution < 1.29 is 0 Å². The van der Waals surface area contributed by atoms with Gasteiger partial charge in [-0.3, -0.25) is 0 Å². The molecule has 2 aliphatic rings. The van der Waals surface area contributed by atoms with Crippen molar-refractivity contribution in [2.45, 2.75) is 32.2 Å². The molecule has 2 aliphatic heterocycles. The minimum Gasteiger partial charge on any atom is -0.316 e. The molecule has 1 N–H and O–H groups in total. The van der Waals surface area contributed by atoms with Gasteiger partial charge in [-0.15, -0.1) is 0 Å². The quantitative estimate of drug-likeness (QED) is 0.800. The van der Waals surface area contributed by atoms with Gasteiger partial charge in [0.05, 0.1) is 0 Å². The highest BCUT2D eigenvalue weighted by atomic mass is 15.2. The first kappa shape index (κ1) is 13.3. The van der Waals surface area contributed by atoms with Crippen molar-refractivity contribution in [3.8, 4) is 0 Å². The lowest BCUT2D eigenvalue weighted by atomic mass is 9.91. The van der Waals surface area contributed by atoms with Gasteiger partial charge in [-0.05, 0) is 71.4 Å². The zero-order valence-corrected chi connectivity index (χ0v) is 11.8. The molecule has 0 amide bonds. The molecule has 0 saturated carbocycles. The summed E-state index contributed by atoms with van der Waals surface area (Å²) in [6.45, 7) is 8.68. The van der Waals surface area contributed by atoms with E-state index in [2.05, 4.69) is 36.1 Å². The van der Waals surface area contributed by atoms with Gasteiger partial charge in [0.1, 0.15) is 0 Å². The fourth-order valence-corrected chi connectivity index (χ4v) is 3.44. The van der Waals surface area contributed by atoms with Crippen molar-refractivity contribution in [2.24, 2.45) is 11.8 Å². The first-order valence-electron chi connectivity index (χ1n) is 7.26. The second kappa shape index (κ2) is 6.17. The highest BCUT2D eigenvalue weighted by Crippen LogP contribution is 2.21. The third-order valence-electron chi connectivity index (χ3n) is 4.69. The summed E-state index contributed by atoms with van der Waals surface area (Å²) in [5.74, 6) is 1.73. The fraction of sp³-hybridized carbons (Fsp3) is 1.00. The molecule has 0 radical (unpaired) electrons. The summed E-state index contributed by atoms with van der Waals surface area (Å²) in [6.07, 6.45) is 4.10. The molecule has 2 heterocycles. The first-order chi connectivity index (χ1) is 8.16. The molecule has 0 aliphatic carbocycles. The van der Waals surface area contributed by atoms with Crippen molar-refractivity contribution in [1.82, 2.24) is 15.1 Å². The summed E-state index contributed by atoms with van der Waals surface area (Å²) >= 11 is 0. The van der Waals surface area contributed by atoms with E-state index in [9.17, 15) is 0 Å². The van der Waals surface area contributed by atoms with Crippen LogP contribution in [-0.2, 0) is 0 Å². The van der Waals surface area contributed by atoms with Crippen LogP contribution in [0.2, 0.25) is 0 Å². The summed E-state index contributed by atoms with van der Waals surface area (Å²) in [4.78, 5) is 5.10. The number of nitrogens with one attached hydrogen (secondary N) is 1. The van der Waals surface area contributed by atoms with E-state index >= 15 is 0 Å². The van der Waals surface area contributed by atoms with E-state index in [1.54, 1.807) is 0 Å². The molecular weight excluding hydrogens is 210 g/mol. The number of hydrogen-bond donors (Lipinski definition) is 1. The molecule has 2 rings (SSSR count). The van der Waals surface area contributed by atoms with E-state index in [1.807, 2.05) is 0 Å². The average Bonchev–Trinajstić information content (AvgIpc) is 2.32. The lowest BCUT2D eigenvalue weighted by Crippen LogP contribution is -2.49. The lowest BCUT2D eigenvalue weighted by molar-refractivity contribution is 0.107. The summed E-state index contributed by atoms with van der Waals surface area (Å²) in [5, 5.41) is 3.50. The second-order valence-corrected chi connectivity index (χ2v) is 6.22. The third kappa shape index (κ3) is 3.67. The van der Waals surface area contributed by atoms with Gasteiger partial charge in [-0.1, -0.05) is 6.92 Å². The van der Waals surface area contributed by atoms with Crippen LogP contribution in [0.4, 0.5) is 0 Å². The molecule has 2 saturated heterocycles. The molecule has 0 spiro atoms. The Morgan fingerprint density at radius 3 is 2.59 bits per heavy atom. The number of likely N-dealkylation sites (tertiary alicyclic amines) is 1. The number of nitrogens with zero attached hydrogens (tertiary/aromatic N) is 2. The monoisotopic (exact) mass is 239 g/mol. The van der Waals surface area contributed by atoms with Gasteiger partial charge >= 0.3 is 0 Å². The molecule has 2 fully saturated rings. The van der Waals surface area contributed by atoms with Crippen LogP contribution in [0, 0.1) is 11.8 Å².